The predicted octanol–water partition coefficient (Wildman–Crippen LogP) is 3.97. The van der Waals surface area contributed by atoms with Crippen molar-refractivity contribution in [3.05, 3.63) is 36.4 Å². The summed E-state index contributed by atoms with van der Waals surface area (Å²) in [4.78, 5) is 23.8. The van der Waals surface area contributed by atoms with E-state index in [1.165, 1.54) is 0 Å². The smallest absolute Gasteiger partial charge is 0.227 e. The zero-order valence-electron chi connectivity index (χ0n) is 13.3. The van der Waals surface area contributed by atoms with Crippen LogP contribution in [0.15, 0.2) is 36.4 Å². The van der Waals surface area contributed by atoms with Crippen LogP contribution in [0.1, 0.15) is 39.5 Å². The zero-order valence-corrected chi connectivity index (χ0v) is 13.3. The number of benzene rings is 1. The summed E-state index contributed by atoms with van der Waals surface area (Å²) in [7, 11) is 0. The standard InChI is InChI=1S/C18H24N2O2/c1-13(2)12-17(21)19-15-8-10-16(11-9-15)20-18(22)14-6-4-3-5-7-14/h3-4,8-11,13-14H,5-7,12H2,1-2H3,(H,19,21)(H,20,22). The maximum Gasteiger partial charge on any atom is 0.227 e. The summed E-state index contributed by atoms with van der Waals surface area (Å²) in [5.41, 5.74) is 1.52. The molecule has 0 saturated carbocycles. The Bertz CT molecular complexity index is 547. The highest BCUT2D eigenvalue weighted by Crippen LogP contribution is 2.21. The van der Waals surface area contributed by atoms with E-state index in [0.717, 1.165) is 30.6 Å². The van der Waals surface area contributed by atoms with Crippen molar-refractivity contribution in [1.82, 2.24) is 0 Å². The number of nitrogens with one attached hydrogen (secondary N) is 2. The highest BCUT2D eigenvalue weighted by molar-refractivity contribution is 5.94. The molecule has 0 aliphatic heterocycles. The van der Waals surface area contributed by atoms with E-state index in [4.69, 9.17) is 0 Å². The van der Waals surface area contributed by atoms with E-state index in [0.29, 0.717) is 12.3 Å². The second kappa shape index (κ2) is 7.78. The third kappa shape index (κ3) is 5.02. The van der Waals surface area contributed by atoms with E-state index in [2.05, 4.69) is 22.8 Å². The lowest BCUT2D eigenvalue weighted by molar-refractivity contribution is -0.120. The zero-order chi connectivity index (χ0) is 15.9. The summed E-state index contributed by atoms with van der Waals surface area (Å²) in [6.07, 6.45) is 7.40. The second-order valence-corrected chi connectivity index (χ2v) is 6.19. The van der Waals surface area contributed by atoms with Gasteiger partial charge in [0.25, 0.3) is 0 Å². The molecule has 0 radical (unpaired) electrons. The van der Waals surface area contributed by atoms with Gasteiger partial charge >= 0.3 is 0 Å². The maximum atomic E-state index is 12.1. The van der Waals surface area contributed by atoms with Gasteiger partial charge in [-0.05, 0) is 49.4 Å². The number of carbonyl (C=O) groups is 2. The van der Waals surface area contributed by atoms with Gasteiger partial charge in [0.2, 0.25) is 11.8 Å². The van der Waals surface area contributed by atoms with Crippen molar-refractivity contribution in [2.24, 2.45) is 11.8 Å². The summed E-state index contributed by atoms with van der Waals surface area (Å²) >= 11 is 0. The Balaban J connectivity index is 1.87. The van der Waals surface area contributed by atoms with Gasteiger partial charge in [-0.25, -0.2) is 0 Å². The molecule has 0 bridgehead atoms. The van der Waals surface area contributed by atoms with Gasteiger partial charge in [-0.3, -0.25) is 9.59 Å². The predicted molar refractivity (Wildman–Crippen MR) is 89.6 cm³/mol. The van der Waals surface area contributed by atoms with Crippen LogP contribution >= 0.6 is 0 Å². The monoisotopic (exact) mass is 300 g/mol. The fraction of sp³-hybridized carbons (Fsp3) is 0.444. The first-order valence-corrected chi connectivity index (χ1v) is 7.90. The SMILES string of the molecule is CC(C)CC(=O)Nc1ccc(NC(=O)C2CC=CCC2)cc1. The number of hydrogen-bond donors (Lipinski definition) is 2. The van der Waals surface area contributed by atoms with Gasteiger partial charge in [-0.15, -0.1) is 0 Å². The van der Waals surface area contributed by atoms with Crippen LogP contribution in [0.25, 0.3) is 0 Å². The fourth-order valence-electron chi connectivity index (χ4n) is 2.50. The van der Waals surface area contributed by atoms with Gasteiger partial charge in [0.1, 0.15) is 0 Å². The molecule has 2 amide bonds. The molecule has 2 N–H and O–H groups in total. The van der Waals surface area contributed by atoms with Gasteiger partial charge < -0.3 is 10.6 Å². The van der Waals surface area contributed by atoms with Crippen LogP contribution in [-0.4, -0.2) is 11.8 Å². The Kier molecular flexibility index (Phi) is 5.75. The van der Waals surface area contributed by atoms with E-state index in [-0.39, 0.29) is 17.7 Å². The molecule has 1 unspecified atom stereocenters. The Morgan fingerprint density at radius 1 is 1.09 bits per heavy atom. The van der Waals surface area contributed by atoms with E-state index in [9.17, 15) is 9.59 Å². The lowest BCUT2D eigenvalue weighted by Gasteiger charge is -2.17. The molecule has 0 fully saturated rings. The number of carbonyl (C=O) groups excluding carboxylic acids is 2. The Hall–Kier alpha value is -2.10. The van der Waals surface area contributed by atoms with Crippen LogP contribution in [0.3, 0.4) is 0 Å². The molecule has 22 heavy (non-hydrogen) atoms. The maximum absolute atomic E-state index is 12.1. The van der Waals surface area contributed by atoms with Crippen LogP contribution in [0.5, 0.6) is 0 Å². The minimum Gasteiger partial charge on any atom is -0.326 e. The van der Waals surface area contributed by atoms with Crippen molar-refractivity contribution < 1.29 is 9.59 Å². The molecular formula is C18H24N2O2. The van der Waals surface area contributed by atoms with Gasteiger partial charge in [-0.1, -0.05) is 26.0 Å². The van der Waals surface area contributed by atoms with Gasteiger partial charge in [0.05, 0.1) is 0 Å². The lowest BCUT2D eigenvalue weighted by Crippen LogP contribution is -2.23. The van der Waals surface area contributed by atoms with Crippen molar-refractivity contribution in [3.8, 4) is 0 Å². The summed E-state index contributed by atoms with van der Waals surface area (Å²) in [5, 5.41) is 5.80. The number of hydrogen-bond acceptors (Lipinski definition) is 2. The van der Waals surface area contributed by atoms with Crippen LogP contribution in [0.2, 0.25) is 0 Å². The van der Waals surface area contributed by atoms with E-state index >= 15 is 0 Å². The Morgan fingerprint density at radius 3 is 2.27 bits per heavy atom. The van der Waals surface area contributed by atoms with Crippen LogP contribution in [0.4, 0.5) is 11.4 Å². The summed E-state index contributed by atoms with van der Waals surface area (Å²) < 4.78 is 0. The molecule has 0 heterocycles. The number of allylic oxidation sites excluding steroid dienone is 2. The quantitative estimate of drug-likeness (QED) is 0.808. The molecule has 1 aliphatic carbocycles. The molecule has 1 aliphatic rings. The Labute approximate surface area is 132 Å². The molecule has 4 heteroatoms. The van der Waals surface area contributed by atoms with Gasteiger partial charge in [0.15, 0.2) is 0 Å². The summed E-state index contributed by atoms with van der Waals surface area (Å²) in [5.74, 6) is 0.486. The fourth-order valence-corrected chi connectivity index (χ4v) is 2.50. The van der Waals surface area contributed by atoms with Crippen molar-refractivity contribution in [2.45, 2.75) is 39.5 Å². The molecule has 1 aromatic carbocycles. The first kappa shape index (κ1) is 16.3. The molecule has 0 aromatic heterocycles. The normalized spacial score (nSPS) is 17.3. The average molecular weight is 300 g/mol. The molecule has 0 saturated heterocycles. The third-order valence-corrected chi connectivity index (χ3v) is 3.67. The number of rotatable bonds is 5. The average Bonchev–Trinajstić information content (AvgIpc) is 2.49. The molecule has 4 nitrogen and oxygen atoms in total. The van der Waals surface area contributed by atoms with Crippen molar-refractivity contribution in [1.29, 1.82) is 0 Å². The highest BCUT2D eigenvalue weighted by atomic mass is 16.2. The molecule has 1 atom stereocenters. The minimum atomic E-state index is 0.0146. The molecule has 1 aromatic rings. The van der Waals surface area contributed by atoms with Crippen molar-refractivity contribution in [2.75, 3.05) is 10.6 Å². The van der Waals surface area contributed by atoms with Gasteiger partial charge in [0, 0.05) is 23.7 Å². The molecular weight excluding hydrogens is 276 g/mol. The largest absolute Gasteiger partial charge is 0.326 e. The second-order valence-electron chi connectivity index (χ2n) is 6.19. The first-order chi connectivity index (χ1) is 10.5. The topological polar surface area (TPSA) is 58.2 Å². The van der Waals surface area contributed by atoms with E-state index < -0.39 is 0 Å². The summed E-state index contributed by atoms with van der Waals surface area (Å²) in [6, 6.07) is 7.27. The third-order valence-electron chi connectivity index (χ3n) is 3.67. The molecule has 0 spiro atoms. The summed E-state index contributed by atoms with van der Waals surface area (Å²) in [6.45, 7) is 4.03. The van der Waals surface area contributed by atoms with E-state index in [1.54, 1.807) is 0 Å². The molecule has 2 rings (SSSR count). The van der Waals surface area contributed by atoms with E-state index in [1.807, 2.05) is 38.1 Å². The number of amides is 2. The van der Waals surface area contributed by atoms with Gasteiger partial charge in [-0.2, -0.15) is 0 Å². The van der Waals surface area contributed by atoms with Crippen LogP contribution < -0.4 is 10.6 Å². The lowest BCUT2D eigenvalue weighted by atomic mass is 9.93. The van der Waals surface area contributed by atoms with Crippen LogP contribution in [-0.2, 0) is 9.59 Å². The first-order valence-electron chi connectivity index (χ1n) is 7.90. The van der Waals surface area contributed by atoms with Crippen molar-refractivity contribution >= 4 is 23.2 Å². The number of anilines is 2. The minimum absolute atomic E-state index is 0.0146. The molecule has 118 valence electrons. The Morgan fingerprint density at radius 2 is 1.73 bits per heavy atom. The van der Waals surface area contributed by atoms with Crippen molar-refractivity contribution in [3.63, 3.8) is 0 Å². The highest BCUT2D eigenvalue weighted by Gasteiger charge is 2.18. The van der Waals surface area contributed by atoms with Crippen LogP contribution in [0, 0.1) is 11.8 Å².